The molecule has 0 unspecified atom stereocenters. The molecule has 0 bridgehead atoms. The van der Waals surface area contributed by atoms with Crippen LogP contribution in [0.1, 0.15) is 11.1 Å². The van der Waals surface area contributed by atoms with Crippen LogP contribution in [-0.4, -0.2) is 13.0 Å². The number of benzene rings is 1. The van der Waals surface area contributed by atoms with E-state index in [0.717, 1.165) is 5.56 Å². The molecule has 1 aromatic rings. The Morgan fingerprint density at radius 3 is 2.07 bits per heavy atom. The molecule has 0 spiro atoms. The van der Waals surface area contributed by atoms with E-state index in [1.54, 1.807) is 26.0 Å². The lowest BCUT2D eigenvalue weighted by Crippen LogP contribution is -2.01. The average Bonchev–Trinajstić information content (AvgIpc) is 2.11. The van der Waals surface area contributed by atoms with Crippen molar-refractivity contribution in [3.8, 4) is 0 Å². The van der Waals surface area contributed by atoms with Crippen LogP contribution in [0.25, 0.3) is 0 Å². The Morgan fingerprint density at radius 2 is 1.71 bits per heavy atom. The molecule has 0 amide bonds. The molecule has 0 saturated heterocycles. The van der Waals surface area contributed by atoms with Gasteiger partial charge in [-0.2, -0.15) is 8.42 Å². The van der Waals surface area contributed by atoms with E-state index in [2.05, 4.69) is 13.2 Å². The fourth-order valence-electron chi connectivity index (χ4n) is 1.00. The SMILES string of the molecule is C=C.Cc1cccc(S(=O)(=O)O)c1C. The summed E-state index contributed by atoms with van der Waals surface area (Å²) < 4.78 is 30.3. The number of rotatable bonds is 1. The second-order valence-corrected chi connectivity index (χ2v) is 4.06. The van der Waals surface area contributed by atoms with Crippen molar-refractivity contribution in [2.45, 2.75) is 18.7 Å². The van der Waals surface area contributed by atoms with Gasteiger partial charge in [0.15, 0.2) is 0 Å². The van der Waals surface area contributed by atoms with Crippen LogP contribution in [0.4, 0.5) is 0 Å². The van der Waals surface area contributed by atoms with Gasteiger partial charge in [-0.3, -0.25) is 4.55 Å². The summed E-state index contributed by atoms with van der Waals surface area (Å²) in [5, 5.41) is 0. The van der Waals surface area contributed by atoms with E-state index in [0.29, 0.717) is 5.56 Å². The second kappa shape index (κ2) is 4.93. The Labute approximate surface area is 84.8 Å². The van der Waals surface area contributed by atoms with Crippen molar-refractivity contribution in [1.29, 1.82) is 0 Å². The summed E-state index contributed by atoms with van der Waals surface area (Å²) in [6.45, 7) is 9.46. The lowest BCUT2D eigenvalue weighted by Gasteiger charge is -2.03. The standard InChI is InChI=1S/C8H10O3S.C2H4/c1-6-4-3-5-8(7(6)2)12(9,10)11;1-2/h3-5H,1-2H3,(H,9,10,11);1-2H2. The van der Waals surface area contributed by atoms with E-state index in [-0.39, 0.29) is 4.90 Å². The van der Waals surface area contributed by atoms with E-state index in [1.807, 2.05) is 0 Å². The summed E-state index contributed by atoms with van der Waals surface area (Å²) in [6, 6.07) is 4.78. The summed E-state index contributed by atoms with van der Waals surface area (Å²) in [7, 11) is -4.06. The van der Waals surface area contributed by atoms with Gasteiger partial charge >= 0.3 is 0 Å². The Bertz CT molecular complexity index is 407. The van der Waals surface area contributed by atoms with E-state index in [4.69, 9.17) is 4.55 Å². The third kappa shape index (κ3) is 2.97. The first-order valence-electron chi connectivity index (χ1n) is 3.96. The smallest absolute Gasteiger partial charge is 0.282 e. The molecule has 0 aliphatic rings. The van der Waals surface area contributed by atoms with Crippen LogP contribution in [0.5, 0.6) is 0 Å². The van der Waals surface area contributed by atoms with Crippen molar-refractivity contribution in [1.82, 2.24) is 0 Å². The second-order valence-electron chi connectivity index (χ2n) is 2.67. The fraction of sp³-hybridized carbons (Fsp3) is 0.200. The van der Waals surface area contributed by atoms with Gasteiger partial charge < -0.3 is 0 Å². The number of hydrogen-bond donors (Lipinski definition) is 1. The highest BCUT2D eigenvalue weighted by Crippen LogP contribution is 2.17. The highest BCUT2D eigenvalue weighted by molar-refractivity contribution is 7.85. The van der Waals surface area contributed by atoms with Crippen LogP contribution in [0, 0.1) is 13.8 Å². The topological polar surface area (TPSA) is 54.4 Å². The van der Waals surface area contributed by atoms with Crippen LogP contribution >= 0.6 is 0 Å². The Morgan fingerprint density at radius 1 is 1.21 bits per heavy atom. The lowest BCUT2D eigenvalue weighted by molar-refractivity contribution is 0.482. The molecular weight excluding hydrogens is 200 g/mol. The van der Waals surface area contributed by atoms with Crippen molar-refractivity contribution in [3.63, 3.8) is 0 Å². The maximum absolute atomic E-state index is 10.8. The minimum atomic E-state index is -4.06. The van der Waals surface area contributed by atoms with Gasteiger partial charge in [-0.15, -0.1) is 13.2 Å². The molecule has 0 aromatic heterocycles. The van der Waals surface area contributed by atoms with Crippen molar-refractivity contribution in [2.24, 2.45) is 0 Å². The predicted molar refractivity (Wildman–Crippen MR) is 57.0 cm³/mol. The predicted octanol–water partition coefficient (Wildman–Crippen LogP) is 2.35. The van der Waals surface area contributed by atoms with Gasteiger partial charge in [0.2, 0.25) is 0 Å². The van der Waals surface area contributed by atoms with E-state index >= 15 is 0 Å². The van der Waals surface area contributed by atoms with E-state index < -0.39 is 10.1 Å². The Hall–Kier alpha value is -1.13. The molecule has 0 aliphatic carbocycles. The third-order valence-corrected chi connectivity index (χ3v) is 2.83. The van der Waals surface area contributed by atoms with E-state index in [1.165, 1.54) is 6.07 Å². The number of hydrogen-bond acceptors (Lipinski definition) is 2. The zero-order valence-corrected chi connectivity index (χ0v) is 9.13. The Balaban J connectivity index is 0.000000791. The highest BCUT2D eigenvalue weighted by Gasteiger charge is 2.12. The molecule has 3 nitrogen and oxygen atoms in total. The zero-order valence-electron chi connectivity index (χ0n) is 8.32. The molecule has 0 aliphatic heterocycles. The zero-order chi connectivity index (χ0) is 11.4. The number of aryl methyl sites for hydroxylation is 1. The molecule has 4 heteroatoms. The van der Waals surface area contributed by atoms with Crippen molar-refractivity contribution < 1.29 is 13.0 Å². The van der Waals surface area contributed by atoms with Gasteiger partial charge in [-0.1, -0.05) is 12.1 Å². The van der Waals surface area contributed by atoms with E-state index in [9.17, 15) is 8.42 Å². The van der Waals surface area contributed by atoms with Crippen molar-refractivity contribution in [2.75, 3.05) is 0 Å². The van der Waals surface area contributed by atoms with Gasteiger partial charge in [0.25, 0.3) is 10.1 Å². The lowest BCUT2D eigenvalue weighted by atomic mass is 10.1. The van der Waals surface area contributed by atoms with Crippen LogP contribution < -0.4 is 0 Å². The third-order valence-electron chi connectivity index (χ3n) is 1.83. The van der Waals surface area contributed by atoms with Crippen molar-refractivity contribution >= 4 is 10.1 Å². The summed E-state index contributed by atoms with van der Waals surface area (Å²) in [5.41, 5.74) is 1.45. The monoisotopic (exact) mass is 214 g/mol. The quantitative estimate of drug-likeness (QED) is 0.576. The summed E-state index contributed by atoms with van der Waals surface area (Å²) in [6.07, 6.45) is 0. The highest BCUT2D eigenvalue weighted by atomic mass is 32.2. The van der Waals surface area contributed by atoms with Crippen LogP contribution in [0.3, 0.4) is 0 Å². The van der Waals surface area contributed by atoms with Gasteiger partial charge in [0, 0.05) is 0 Å². The first-order valence-corrected chi connectivity index (χ1v) is 5.40. The molecule has 1 rings (SSSR count). The molecule has 0 fully saturated rings. The fourth-order valence-corrected chi connectivity index (χ4v) is 1.80. The van der Waals surface area contributed by atoms with Gasteiger partial charge in [0.05, 0.1) is 4.90 Å². The minimum absolute atomic E-state index is 0.0116. The molecule has 1 N–H and O–H groups in total. The molecule has 14 heavy (non-hydrogen) atoms. The summed E-state index contributed by atoms with van der Waals surface area (Å²) in [4.78, 5) is -0.0116. The van der Waals surface area contributed by atoms with Gasteiger partial charge in [0.1, 0.15) is 0 Å². The molecule has 78 valence electrons. The maximum atomic E-state index is 10.8. The van der Waals surface area contributed by atoms with Crippen LogP contribution in [-0.2, 0) is 10.1 Å². The summed E-state index contributed by atoms with van der Waals surface area (Å²) >= 11 is 0. The minimum Gasteiger partial charge on any atom is -0.282 e. The maximum Gasteiger partial charge on any atom is 0.294 e. The average molecular weight is 214 g/mol. The molecule has 0 saturated carbocycles. The van der Waals surface area contributed by atoms with Crippen LogP contribution in [0.15, 0.2) is 36.3 Å². The Kier molecular flexibility index (Phi) is 4.53. The first-order chi connectivity index (χ1) is 6.43. The first kappa shape index (κ1) is 12.9. The molecular formula is C10H14O3S. The van der Waals surface area contributed by atoms with Crippen LogP contribution in [0.2, 0.25) is 0 Å². The summed E-state index contributed by atoms with van der Waals surface area (Å²) in [5.74, 6) is 0. The van der Waals surface area contributed by atoms with Gasteiger partial charge in [-0.25, -0.2) is 0 Å². The molecule has 0 atom stereocenters. The molecule has 0 radical (unpaired) electrons. The molecule has 0 heterocycles. The van der Waals surface area contributed by atoms with Crippen molar-refractivity contribution in [3.05, 3.63) is 42.5 Å². The molecule has 1 aromatic carbocycles. The largest absolute Gasteiger partial charge is 0.294 e. The normalized spacial score (nSPS) is 10.2. The van der Waals surface area contributed by atoms with Gasteiger partial charge in [-0.05, 0) is 31.0 Å².